The van der Waals surface area contributed by atoms with Crippen LogP contribution in [0.4, 0.5) is 0 Å². The number of carbonyl (C=O) groups excluding carboxylic acids is 1. The van der Waals surface area contributed by atoms with Gasteiger partial charge in [0, 0.05) is 36.2 Å². The van der Waals surface area contributed by atoms with Crippen LogP contribution >= 0.6 is 0 Å². The van der Waals surface area contributed by atoms with Crippen LogP contribution in [0.25, 0.3) is 6.08 Å². The Labute approximate surface area is 171 Å². The van der Waals surface area contributed by atoms with Gasteiger partial charge in [-0.1, -0.05) is 0 Å². The van der Waals surface area contributed by atoms with Crippen molar-refractivity contribution in [2.75, 3.05) is 20.8 Å². The summed E-state index contributed by atoms with van der Waals surface area (Å²) in [6, 6.07) is 9.42. The number of ether oxygens (including phenoxy) is 4. The quantitative estimate of drug-likeness (QED) is 0.687. The molecule has 0 spiro atoms. The Balaban J connectivity index is 1.68. The Morgan fingerprint density at radius 3 is 2.55 bits per heavy atom. The molecule has 1 amide bonds. The molecule has 6 nitrogen and oxygen atoms in total. The van der Waals surface area contributed by atoms with E-state index in [-0.39, 0.29) is 12.0 Å². The predicted octanol–water partition coefficient (Wildman–Crippen LogP) is 3.76. The van der Waals surface area contributed by atoms with Gasteiger partial charge in [-0.05, 0) is 49.8 Å². The minimum Gasteiger partial charge on any atom is -0.497 e. The maximum Gasteiger partial charge on any atom is 0.244 e. The van der Waals surface area contributed by atoms with Gasteiger partial charge in [-0.25, -0.2) is 0 Å². The van der Waals surface area contributed by atoms with Crippen molar-refractivity contribution in [3.8, 4) is 23.0 Å². The molecule has 1 unspecified atom stereocenters. The number of amides is 1. The molecule has 1 N–H and O–H groups in total. The van der Waals surface area contributed by atoms with E-state index in [2.05, 4.69) is 5.32 Å². The van der Waals surface area contributed by atoms with Gasteiger partial charge < -0.3 is 24.3 Å². The van der Waals surface area contributed by atoms with E-state index in [1.165, 1.54) is 6.08 Å². The smallest absolute Gasteiger partial charge is 0.244 e. The third-order valence-electron chi connectivity index (χ3n) is 4.63. The first-order valence-corrected chi connectivity index (χ1v) is 9.66. The Bertz CT molecular complexity index is 884. The van der Waals surface area contributed by atoms with Gasteiger partial charge in [0.15, 0.2) is 0 Å². The minimum absolute atomic E-state index is 0.159. The fourth-order valence-electron chi connectivity index (χ4n) is 3.25. The van der Waals surface area contributed by atoms with Gasteiger partial charge in [-0.3, -0.25) is 4.79 Å². The molecule has 29 heavy (non-hydrogen) atoms. The minimum atomic E-state index is -0.205. The van der Waals surface area contributed by atoms with E-state index < -0.39 is 0 Å². The predicted molar refractivity (Wildman–Crippen MR) is 112 cm³/mol. The van der Waals surface area contributed by atoms with Crippen molar-refractivity contribution < 1.29 is 23.7 Å². The van der Waals surface area contributed by atoms with Crippen LogP contribution in [0.5, 0.6) is 23.0 Å². The summed E-state index contributed by atoms with van der Waals surface area (Å²) >= 11 is 0. The van der Waals surface area contributed by atoms with E-state index in [9.17, 15) is 4.79 Å². The zero-order chi connectivity index (χ0) is 20.8. The van der Waals surface area contributed by atoms with Crippen molar-refractivity contribution in [1.82, 2.24) is 5.32 Å². The lowest BCUT2D eigenvalue weighted by atomic mass is 10.1. The summed E-state index contributed by atoms with van der Waals surface area (Å²) in [6.07, 6.45) is 4.24. The summed E-state index contributed by atoms with van der Waals surface area (Å²) < 4.78 is 22.1. The summed E-state index contributed by atoms with van der Waals surface area (Å²) in [6.45, 7) is 4.90. The topological polar surface area (TPSA) is 66.0 Å². The van der Waals surface area contributed by atoms with E-state index >= 15 is 0 Å². The standard InChI is InChI=1S/C23H27NO5/c1-5-28-21-11-17-8-15(2)29-22(17)12-18(21)14-24-23(25)7-6-16-9-19(26-3)13-20(10-16)27-4/h6-7,9-13,15H,5,8,14H2,1-4H3,(H,24,25)/b7-6+. The van der Waals surface area contributed by atoms with E-state index in [4.69, 9.17) is 18.9 Å². The number of hydrogen-bond acceptors (Lipinski definition) is 5. The molecule has 0 aliphatic carbocycles. The van der Waals surface area contributed by atoms with E-state index in [1.54, 1.807) is 26.4 Å². The molecule has 1 atom stereocenters. The lowest BCUT2D eigenvalue weighted by Crippen LogP contribution is -2.20. The molecule has 0 saturated carbocycles. The van der Waals surface area contributed by atoms with Crippen LogP contribution in [0.2, 0.25) is 0 Å². The Kier molecular flexibility index (Phi) is 6.65. The van der Waals surface area contributed by atoms with Crippen molar-refractivity contribution in [1.29, 1.82) is 0 Å². The molecular formula is C23H27NO5. The molecule has 0 saturated heterocycles. The van der Waals surface area contributed by atoms with Gasteiger partial charge >= 0.3 is 0 Å². The number of fused-ring (bicyclic) bond motifs is 1. The monoisotopic (exact) mass is 397 g/mol. The summed E-state index contributed by atoms with van der Waals surface area (Å²) in [7, 11) is 3.18. The number of benzene rings is 2. The highest BCUT2D eigenvalue weighted by molar-refractivity contribution is 5.91. The zero-order valence-corrected chi connectivity index (χ0v) is 17.3. The average Bonchev–Trinajstić information content (AvgIpc) is 3.09. The second kappa shape index (κ2) is 9.37. The second-order valence-electron chi connectivity index (χ2n) is 6.83. The van der Waals surface area contributed by atoms with E-state index in [0.717, 1.165) is 34.6 Å². The average molecular weight is 397 g/mol. The number of carbonyl (C=O) groups is 1. The molecule has 0 bridgehead atoms. The molecule has 0 radical (unpaired) electrons. The van der Waals surface area contributed by atoms with Gasteiger partial charge in [0.05, 0.1) is 20.8 Å². The van der Waals surface area contributed by atoms with Crippen molar-refractivity contribution in [3.63, 3.8) is 0 Å². The molecule has 0 aromatic heterocycles. The molecule has 2 aromatic carbocycles. The highest BCUT2D eigenvalue weighted by atomic mass is 16.5. The van der Waals surface area contributed by atoms with Gasteiger partial charge in [0.25, 0.3) is 0 Å². The van der Waals surface area contributed by atoms with Gasteiger partial charge in [-0.2, -0.15) is 0 Å². The summed E-state index contributed by atoms with van der Waals surface area (Å²) in [5, 5.41) is 2.90. The Hall–Kier alpha value is -3.15. The number of rotatable bonds is 8. The largest absolute Gasteiger partial charge is 0.497 e. The SMILES string of the molecule is CCOc1cc2c(cc1CNC(=O)/C=C/c1cc(OC)cc(OC)c1)OC(C)C2. The molecule has 2 aromatic rings. The van der Waals surface area contributed by atoms with Gasteiger partial charge in [0.1, 0.15) is 29.1 Å². The van der Waals surface area contributed by atoms with Crippen LogP contribution in [0.3, 0.4) is 0 Å². The molecule has 154 valence electrons. The summed E-state index contributed by atoms with van der Waals surface area (Å²) in [4.78, 5) is 12.3. The first kappa shape index (κ1) is 20.6. The molecule has 1 aliphatic heterocycles. The maximum atomic E-state index is 12.3. The van der Waals surface area contributed by atoms with Crippen LogP contribution in [-0.2, 0) is 17.8 Å². The number of nitrogens with one attached hydrogen (secondary N) is 1. The first-order chi connectivity index (χ1) is 14.0. The zero-order valence-electron chi connectivity index (χ0n) is 17.3. The third-order valence-corrected chi connectivity index (χ3v) is 4.63. The lowest BCUT2D eigenvalue weighted by molar-refractivity contribution is -0.116. The van der Waals surface area contributed by atoms with Gasteiger partial charge in [-0.15, -0.1) is 0 Å². The lowest BCUT2D eigenvalue weighted by Gasteiger charge is -2.13. The highest BCUT2D eigenvalue weighted by Gasteiger charge is 2.21. The summed E-state index contributed by atoms with van der Waals surface area (Å²) in [5.74, 6) is 2.77. The molecular weight excluding hydrogens is 370 g/mol. The molecule has 1 heterocycles. The Morgan fingerprint density at radius 2 is 1.90 bits per heavy atom. The van der Waals surface area contributed by atoms with Crippen molar-refractivity contribution in [3.05, 3.63) is 53.1 Å². The van der Waals surface area contributed by atoms with E-state index in [0.29, 0.717) is 24.7 Å². The third kappa shape index (κ3) is 5.22. The van der Waals surface area contributed by atoms with Crippen LogP contribution in [-0.4, -0.2) is 32.8 Å². The van der Waals surface area contributed by atoms with Crippen LogP contribution in [0, 0.1) is 0 Å². The first-order valence-electron chi connectivity index (χ1n) is 9.66. The molecule has 0 fully saturated rings. The van der Waals surface area contributed by atoms with Crippen molar-refractivity contribution >= 4 is 12.0 Å². The number of hydrogen-bond donors (Lipinski definition) is 1. The highest BCUT2D eigenvalue weighted by Crippen LogP contribution is 2.35. The van der Waals surface area contributed by atoms with Crippen LogP contribution < -0.4 is 24.3 Å². The van der Waals surface area contributed by atoms with E-state index in [1.807, 2.05) is 38.1 Å². The normalized spacial score (nSPS) is 15.0. The van der Waals surface area contributed by atoms with Crippen LogP contribution in [0.1, 0.15) is 30.5 Å². The number of methoxy groups -OCH3 is 2. The van der Waals surface area contributed by atoms with Gasteiger partial charge in [0.2, 0.25) is 5.91 Å². The fraction of sp³-hybridized carbons (Fsp3) is 0.348. The molecule has 6 heteroatoms. The van der Waals surface area contributed by atoms with Crippen molar-refractivity contribution in [2.45, 2.75) is 32.9 Å². The van der Waals surface area contributed by atoms with Crippen molar-refractivity contribution in [2.24, 2.45) is 0 Å². The fourth-order valence-corrected chi connectivity index (χ4v) is 3.25. The second-order valence-corrected chi connectivity index (χ2v) is 6.83. The molecule has 3 rings (SSSR count). The van der Waals surface area contributed by atoms with Crippen LogP contribution in [0.15, 0.2) is 36.4 Å². The Morgan fingerprint density at radius 1 is 1.17 bits per heavy atom. The maximum absolute atomic E-state index is 12.3. The summed E-state index contributed by atoms with van der Waals surface area (Å²) in [5.41, 5.74) is 2.85. The molecule has 1 aliphatic rings.